The number of halogens is 2. The third-order valence-electron chi connectivity index (χ3n) is 4.90. The molecular formula is C17H23Cl2NO2. The van der Waals surface area contributed by atoms with Crippen LogP contribution in [-0.4, -0.2) is 35.6 Å². The van der Waals surface area contributed by atoms with E-state index in [1.54, 1.807) is 6.07 Å². The Morgan fingerprint density at radius 2 is 2.00 bits per heavy atom. The van der Waals surface area contributed by atoms with Crippen molar-refractivity contribution in [2.24, 2.45) is 5.41 Å². The quantitative estimate of drug-likeness (QED) is 0.879. The lowest BCUT2D eigenvalue weighted by molar-refractivity contribution is -0.134. The molecule has 1 aliphatic rings. The molecule has 0 saturated carbocycles. The molecule has 22 heavy (non-hydrogen) atoms. The lowest BCUT2D eigenvalue weighted by Gasteiger charge is -2.40. The van der Waals surface area contributed by atoms with Crippen molar-refractivity contribution >= 4 is 29.1 Å². The number of carbonyl (C=O) groups is 1. The molecule has 2 rings (SSSR count). The molecule has 0 atom stereocenters. The second-order valence-electron chi connectivity index (χ2n) is 6.11. The fraction of sp³-hybridized carbons (Fsp3) is 0.588. The van der Waals surface area contributed by atoms with Gasteiger partial charge in [-0.1, -0.05) is 42.3 Å². The first-order valence-electron chi connectivity index (χ1n) is 7.83. The number of hydrogen-bond donors (Lipinski definition) is 1. The first kappa shape index (κ1) is 17.6. The van der Waals surface area contributed by atoms with Gasteiger partial charge in [-0.05, 0) is 42.7 Å². The van der Waals surface area contributed by atoms with Crippen LogP contribution in [0.5, 0.6) is 0 Å². The normalized spacial score (nSPS) is 17.5. The Kier molecular flexibility index (Phi) is 6.13. The standard InChI is InChI=1S/C17H23Cl2NO2/c1-2-17(12-21)8-10-20(11-9-17)15(22)7-6-13-4-3-5-14(18)16(13)19/h3-5,21H,2,6-12H2,1H3. The van der Waals surface area contributed by atoms with Gasteiger partial charge in [-0.15, -0.1) is 0 Å². The Balaban J connectivity index is 1.87. The van der Waals surface area contributed by atoms with E-state index in [4.69, 9.17) is 23.2 Å². The summed E-state index contributed by atoms with van der Waals surface area (Å²) in [7, 11) is 0. The van der Waals surface area contributed by atoms with Crippen LogP contribution < -0.4 is 0 Å². The van der Waals surface area contributed by atoms with E-state index in [1.807, 2.05) is 17.0 Å². The molecule has 1 amide bonds. The summed E-state index contributed by atoms with van der Waals surface area (Å²) < 4.78 is 0. The summed E-state index contributed by atoms with van der Waals surface area (Å²) in [6.07, 6.45) is 3.77. The van der Waals surface area contributed by atoms with Crippen LogP contribution in [0.4, 0.5) is 0 Å². The molecule has 122 valence electrons. The number of likely N-dealkylation sites (tertiary alicyclic amines) is 1. The Morgan fingerprint density at radius 3 is 2.59 bits per heavy atom. The maximum atomic E-state index is 12.3. The predicted molar refractivity (Wildman–Crippen MR) is 90.4 cm³/mol. The molecule has 1 saturated heterocycles. The van der Waals surface area contributed by atoms with Gasteiger partial charge in [0.15, 0.2) is 0 Å². The highest BCUT2D eigenvalue weighted by Gasteiger charge is 2.33. The molecule has 1 aromatic carbocycles. The number of nitrogens with zero attached hydrogens (tertiary/aromatic N) is 1. The highest BCUT2D eigenvalue weighted by Crippen LogP contribution is 2.34. The number of benzene rings is 1. The number of aryl methyl sites for hydroxylation is 1. The van der Waals surface area contributed by atoms with E-state index in [9.17, 15) is 9.90 Å². The van der Waals surface area contributed by atoms with Crippen LogP contribution >= 0.6 is 23.2 Å². The summed E-state index contributed by atoms with van der Waals surface area (Å²) in [5, 5.41) is 10.6. The van der Waals surface area contributed by atoms with E-state index in [-0.39, 0.29) is 17.9 Å². The van der Waals surface area contributed by atoms with Crippen molar-refractivity contribution in [2.45, 2.75) is 39.0 Å². The summed E-state index contributed by atoms with van der Waals surface area (Å²) in [4.78, 5) is 14.2. The molecule has 1 heterocycles. The fourth-order valence-electron chi connectivity index (χ4n) is 3.00. The summed E-state index contributed by atoms with van der Waals surface area (Å²) in [6, 6.07) is 5.51. The molecule has 0 bridgehead atoms. The molecule has 1 aromatic rings. The molecule has 1 fully saturated rings. The van der Waals surface area contributed by atoms with Gasteiger partial charge in [0.1, 0.15) is 0 Å². The number of hydrogen-bond acceptors (Lipinski definition) is 2. The predicted octanol–water partition coefficient (Wildman–Crippen LogP) is 3.94. The second-order valence-corrected chi connectivity index (χ2v) is 6.89. The fourth-order valence-corrected chi connectivity index (χ4v) is 3.41. The Morgan fingerprint density at radius 1 is 1.32 bits per heavy atom. The maximum absolute atomic E-state index is 12.3. The van der Waals surface area contributed by atoms with Gasteiger partial charge in [-0.25, -0.2) is 0 Å². The van der Waals surface area contributed by atoms with E-state index in [0.717, 1.165) is 37.9 Å². The van der Waals surface area contributed by atoms with Gasteiger partial charge < -0.3 is 10.0 Å². The highest BCUT2D eigenvalue weighted by molar-refractivity contribution is 6.42. The van der Waals surface area contributed by atoms with Gasteiger partial charge in [0, 0.05) is 26.1 Å². The van der Waals surface area contributed by atoms with E-state index in [0.29, 0.717) is 22.9 Å². The molecule has 0 radical (unpaired) electrons. The van der Waals surface area contributed by atoms with Crippen LogP contribution in [0.3, 0.4) is 0 Å². The van der Waals surface area contributed by atoms with Crippen molar-refractivity contribution in [3.63, 3.8) is 0 Å². The molecule has 1 aliphatic heterocycles. The first-order valence-corrected chi connectivity index (χ1v) is 8.58. The van der Waals surface area contributed by atoms with Crippen LogP contribution in [0.1, 0.15) is 38.2 Å². The molecule has 3 nitrogen and oxygen atoms in total. The zero-order chi connectivity index (χ0) is 16.2. The average Bonchev–Trinajstić information content (AvgIpc) is 2.56. The third-order valence-corrected chi connectivity index (χ3v) is 5.76. The minimum atomic E-state index is 0.00699. The van der Waals surface area contributed by atoms with E-state index >= 15 is 0 Å². The molecule has 1 N–H and O–H groups in total. The number of amides is 1. The first-order chi connectivity index (χ1) is 10.5. The van der Waals surface area contributed by atoms with Crippen molar-refractivity contribution < 1.29 is 9.90 Å². The maximum Gasteiger partial charge on any atom is 0.222 e. The molecule has 5 heteroatoms. The van der Waals surface area contributed by atoms with Gasteiger partial charge >= 0.3 is 0 Å². The van der Waals surface area contributed by atoms with Crippen molar-refractivity contribution in [1.82, 2.24) is 4.90 Å². The average molecular weight is 344 g/mol. The van der Waals surface area contributed by atoms with Crippen LogP contribution in [-0.2, 0) is 11.2 Å². The summed E-state index contributed by atoms with van der Waals surface area (Å²) in [5.74, 6) is 0.152. The molecule has 0 aliphatic carbocycles. The van der Waals surface area contributed by atoms with Crippen molar-refractivity contribution in [1.29, 1.82) is 0 Å². The summed E-state index contributed by atoms with van der Waals surface area (Å²) in [5.41, 5.74) is 0.922. The topological polar surface area (TPSA) is 40.5 Å². The number of aliphatic hydroxyl groups is 1. The van der Waals surface area contributed by atoms with Crippen LogP contribution in [0.2, 0.25) is 10.0 Å². The summed E-state index contributed by atoms with van der Waals surface area (Å²) >= 11 is 12.1. The Labute approximate surface area is 142 Å². The van der Waals surface area contributed by atoms with Crippen LogP contribution in [0.25, 0.3) is 0 Å². The largest absolute Gasteiger partial charge is 0.396 e. The zero-order valence-electron chi connectivity index (χ0n) is 12.9. The van der Waals surface area contributed by atoms with Crippen LogP contribution in [0, 0.1) is 5.41 Å². The smallest absolute Gasteiger partial charge is 0.222 e. The lowest BCUT2D eigenvalue weighted by Crippen LogP contribution is -2.44. The second kappa shape index (κ2) is 7.67. The van der Waals surface area contributed by atoms with E-state index in [1.165, 1.54) is 0 Å². The van der Waals surface area contributed by atoms with Crippen molar-refractivity contribution in [2.75, 3.05) is 19.7 Å². The molecule has 0 spiro atoms. The third kappa shape index (κ3) is 3.95. The Bertz CT molecular complexity index is 519. The number of rotatable bonds is 5. The molecule has 0 aromatic heterocycles. The SMILES string of the molecule is CCC1(CO)CCN(C(=O)CCc2cccc(Cl)c2Cl)CC1. The number of carbonyl (C=O) groups excluding carboxylic acids is 1. The lowest BCUT2D eigenvalue weighted by atomic mass is 9.77. The van der Waals surface area contributed by atoms with Gasteiger partial charge in [0.25, 0.3) is 0 Å². The minimum absolute atomic E-state index is 0.00699. The molecule has 0 unspecified atom stereocenters. The van der Waals surface area contributed by atoms with E-state index in [2.05, 4.69) is 6.92 Å². The highest BCUT2D eigenvalue weighted by atomic mass is 35.5. The van der Waals surface area contributed by atoms with Gasteiger partial charge in [-0.2, -0.15) is 0 Å². The number of piperidine rings is 1. The number of aliphatic hydroxyl groups excluding tert-OH is 1. The van der Waals surface area contributed by atoms with Crippen molar-refractivity contribution in [3.05, 3.63) is 33.8 Å². The van der Waals surface area contributed by atoms with Crippen molar-refractivity contribution in [3.8, 4) is 0 Å². The van der Waals surface area contributed by atoms with Crippen LogP contribution in [0.15, 0.2) is 18.2 Å². The summed E-state index contributed by atoms with van der Waals surface area (Å²) in [6.45, 7) is 3.78. The minimum Gasteiger partial charge on any atom is -0.396 e. The Hall–Kier alpha value is -0.770. The molecular weight excluding hydrogens is 321 g/mol. The van der Waals surface area contributed by atoms with Gasteiger partial charge in [-0.3, -0.25) is 4.79 Å². The van der Waals surface area contributed by atoms with Gasteiger partial charge in [0.2, 0.25) is 5.91 Å². The van der Waals surface area contributed by atoms with Gasteiger partial charge in [0.05, 0.1) is 10.0 Å². The van der Waals surface area contributed by atoms with E-state index < -0.39 is 0 Å². The zero-order valence-corrected chi connectivity index (χ0v) is 14.5. The monoisotopic (exact) mass is 343 g/mol.